The van der Waals surface area contributed by atoms with Gasteiger partial charge in [0.1, 0.15) is 0 Å². The zero-order valence-corrected chi connectivity index (χ0v) is 11.2. The zero-order chi connectivity index (χ0) is 12.4. The summed E-state index contributed by atoms with van der Waals surface area (Å²) in [6.45, 7) is 4.67. The molecular weight excluding hydrogens is 204 g/mol. The second-order valence-electron chi connectivity index (χ2n) is 4.80. The Morgan fingerprint density at radius 3 is 1.94 bits per heavy atom. The summed E-state index contributed by atoms with van der Waals surface area (Å²) in [6.07, 6.45) is 5.60. The Labute approximate surface area is 100 Å². The molecule has 0 aromatic carbocycles. The smallest absolute Gasteiger partial charge is 0.156 e. The summed E-state index contributed by atoms with van der Waals surface area (Å²) in [5.41, 5.74) is 0. The molecular formula is C13H28O3. The summed E-state index contributed by atoms with van der Waals surface area (Å²) in [6, 6.07) is 0. The lowest BCUT2D eigenvalue weighted by Gasteiger charge is -2.17. The Morgan fingerprint density at radius 1 is 0.875 bits per heavy atom. The van der Waals surface area contributed by atoms with Crippen LogP contribution in [-0.4, -0.2) is 32.2 Å². The van der Waals surface area contributed by atoms with Crippen molar-refractivity contribution in [2.24, 2.45) is 11.8 Å². The standard InChI is InChI=1S/C13H28O3/c1-11(6-5-7-12(2)10-14)8-9-13(15-3)16-4/h11-14H,5-10H2,1-4H3/t11-,12+/m1/s1. The highest BCUT2D eigenvalue weighted by Crippen LogP contribution is 2.18. The summed E-state index contributed by atoms with van der Waals surface area (Å²) >= 11 is 0. The molecule has 2 atom stereocenters. The molecule has 1 N–H and O–H groups in total. The largest absolute Gasteiger partial charge is 0.396 e. The van der Waals surface area contributed by atoms with Crippen molar-refractivity contribution in [2.45, 2.75) is 52.2 Å². The van der Waals surface area contributed by atoms with E-state index in [-0.39, 0.29) is 6.29 Å². The van der Waals surface area contributed by atoms with Crippen LogP contribution in [0.4, 0.5) is 0 Å². The molecule has 0 aromatic heterocycles. The molecule has 0 heterocycles. The Kier molecular flexibility index (Phi) is 9.99. The third-order valence-corrected chi connectivity index (χ3v) is 3.13. The Balaban J connectivity index is 3.47. The van der Waals surface area contributed by atoms with Crippen molar-refractivity contribution in [1.29, 1.82) is 0 Å². The van der Waals surface area contributed by atoms with E-state index in [0.717, 1.165) is 19.3 Å². The maximum absolute atomic E-state index is 8.91. The van der Waals surface area contributed by atoms with E-state index in [0.29, 0.717) is 18.4 Å². The van der Waals surface area contributed by atoms with Crippen LogP contribution in [0.3, 0.4) is 0 Å². The van der Waals surface area contributed by atoms with Crippen LogP contribution in [0.5, 0.6) is 0 Å². The summed E-state index contributed by atoms with van der Waals surface area (Å²) < 4.78 is 10.3. The Morgan fingerprint density at radius 2 is 1.44 bits per heavy atom. The van der Waals surface area contributed by atoms with Crippen molar-refractivity contribution in [3.8, 4) is 0 Å². The lowest BCUT2D eigenvalue weighted by molar-refractivity contribution is -0.108. The third kappa shape index (κ3) is 8.08. The van der Waals surface area contributed by atoms with Crippen molar-refractivity contribution < 1.29 is 14.6 Å². The normalized spacial score (nSPS) is 15.4. The molecule has 0 aliphatic rings. The average Bonchev–Trinajstić information content (AvgIpc) is 2.30. The van der Waals surface area contributed by atoms with E-state index in [1.165, 1.54) is 12.8 Å². The molecule has 0 aliphatic carbocycles. The molecule has 0 aliphatic heterocycles. The molecule has 0 aromatic rings. The van der Waals surface area contributed by atoms with E-state index in [2.05, 4.69) is 13.8 Å². The van der Waals surface area contributed by atoms with Crippen LogP contribution in [0.1, 0.15) is 46.0 Å². The molecule has 0 spiro atoms. The number of hydrogen-bond donors (Lipinski definition) is 1. The maximum Gasteiger partial charge on any atom is 0.156 e. The van der Waals surface area contributed by atoms with Crippen LogP contribution in [0.15, 0.2) is 0 Å². The summed E-state index contributed by atoms with van der Waals surface area (Å²) in [7, 11) is 3.36. The van der Waals surface area contributed by atoms with Gasteiger partial charge in [-0.1, -0.05) is 26.7 Å². The van der Waals surface area contributed by atoms with Gasteiger partial charge in [0, 0.05) is 20.8 Å². The summed E-state index contributed by atoms with van der Waals surface area (Å²) in [5, 5.41) is 8.91. The number of ether oxygens (including phenoxy) is 2. The molecule has 0 saturated heterocycles. The topological polar surface area (TPSA) is 38.7 Å². The highest BCUT2D eigenvalue weighted by Gasteiger charge is 2.09. The van der Waals surface area contributed by atoms with Gasteiger partial charge < -0.3 is 14.6 Å². The summed E-state index contributed by atoms with van der Waals surface area (Å²) in [5.74, 6) is 1.15. The van der Waals surface area contributed by atoms with Crippen LogP contribution >= 0.6 is 0 Å². The van der Waals surface area contributed by atoms with Crippen LogP contribution in [0.2, 0.25) is 0 Å². The number of aliphatic hydroxyl groups excluding tert-OH is 1. The van der Waals surface area contributed by atoms with Crippen molar-refractivity contribution in [3.63, 3.8) is 0 Å². The van der Waals surface area contributed by atoms with E-state index in [9.17, 15) is 0 Å². The first-order chi connectivity index (χ1) is 7.63. The highest BCUT2D eigenvalue weighted by molar-refractivity contribution is 4.58. The molecule has 0 rings (SSSR count). The minimum atomic E-state index is -0.0567. The van der Waals surface area contributed by atoms with Crippen LogP contribution in [0.25, 0.3) is 0 Å². The Hall–Kier alpha value is -0.120. The zero-order valence-electron chi connectivity index (χ0n) is 11.2. The molecule has 0 radical (unpaired) electrons. The minimum Gasteiger partial charge on any atom is -0.396 e. The van der Waals surface area contributed by atoms with Gasteiger partial charge in [0.15, 0.2) is 6.29 Å². The van der Waals surface area contributed by atoms with Crippen molar-refractivity contribution in [3.05, 3.63) is 0 Å². The monoisotopic (exact) mass is 232 g/mol. The molecule has 0 saturated carbocycles. The highest BCUT2D eigenvalue weighted by atomic mass is 16.7. The van der Waals surface area contributed by atoms with Gasteiger partial charge in [0.05, 0.1) is 0 Å². The first-order valence-corrected chi connectivity index (χ1v) is 6.30. The van der Waals surface area contributed by atoms with Gasteiger partial charge in [-0.3, -0.25) is 0 Å². The fourth-order valence-electron chi connectivity index (χ4n) is 1.80. The van der Waals surface area contributed by atoms with Gasteiger partial charge in [0.25, 0.3) is 0 Å². The second-order valence-corrected chi connectivity index (χ2v) is 4.80. The van der Waals surface area contributed by atoms with E-state index >= 15 is 0 Å². The van der Waals surface area contributed by atoms with Gasteiger partial charge >= 0.3 is 0 Å². The number of methoxy groups -OCH3 is 2. The van der Waals surface area contributed by atoms with Gasteiger partial charge in [-0.2, -0.15) is 0 Å². The second kappa shape index (κ2) is 10.1. The number of rotatable bonds is 10. The van der Waals surface area contributed by atoms with E-state index < -0.39 is 0 Å². The predicted octanol–water partition coefficient (Wildman–Crippen LogP) is 2.82. The quantitative estimate of drug-likeness (QED) is 0.589. The third-order valence-electron chi connectivity index (χ3n) is 3.13. The fourth-order valence-corrected chi connectivity index (χ4v) is 1.80. The average molecular weight is 232 g/mol. The van der Waals surface area contributed by atoms with Gasteiger partial charge in [-0.25, -0.2) is 0 Å². The predicted molar refractivity (Wildman–Crippen MR) is 66.3 cm³/mol. The maximum atomic E-state index is 8.91. The number of aliphatic hydroxyl groups is 1. The van der Waals surface area contributed by atoms with Gasteiger partial charge in [-0.05, 0) is 31.1 Å². The SMILES string of the molecule is COC(CC[C@H](C)CCC[C@H](C)CO)OC. The van der Waals surface area contributed by atoms with Crippen LogP contribution in [-0.2, 0) is 9.47 Å². The lowest BCUT2D eigenvalue weighted by Crippen LogP contribution is -2.14. The van der Waals surface area contributed by atoms with Crippen molar-refractivity contribution in [2.75, 3.05) is 20.8 Å². The molecule has 98 valence electrons. The van der Waals surface area contributed by atoms with Crippen LogP contribution in [0, 0.1) is 11.8 Å². The minimum absolute atomic E-state index is 0.0567. The van der Waals surface area contributed by atoms with Crippen LogP contribution < -0.4 is 0 Å². The van der Waals surface area contributed by atoms with E-state index in [1.807, 2.05) is 0 Å². The van der Waals surface area contributed by atoms with Crippen molar-refractivity contribution >= 4 is 0 Å². The first-order valence-electron chi connectivity index (χ1n) is 6.30. The van der Waals surface area contributed by atoms with Gasteiger partial charge in [0.2, 0.25) is 0 Å². The molecule has 0 unspecified atom stereocenters. The van der Waals surface area contributed by atoms with E-state index in [4.69, 9.17) is 14.6 Å². The Bertz CT molecular complexity index is 146. The molecule has 16 heavy (non-hydrogen) atoms. The number of hydrogen-bond acceptors (Lipinski definition) is 3. The fraction of sp³-hybridized carbons (Fsp3) is 1.00. The van der Waals surface area contributed by atoms with Crippen molar-refractivity contribution in [1.82, 2.24) is 0 Å². The lowest BCUT2D eigenvalue weighted by atomic mass is 9.96. The summed E-state index contributed by atoms with van der Waals surface area (Å²) in [4.78, 5) is 0. The molecule has 0 amide bonds. The molecule has 3 heteroatoms. The molecule has 3 nitrogen and oxygen atoms in total. The first kappa shape index (κ1) is 15.9. The van der Waals surface area contributed by atoms with Gasteiger partial charge in [-0.15, -0.1) is 0 Å². The van der Waals surface area contributed by atoms with E-state index in [1.54, 1.807) is 14.2 Å². The molecule has 0 bridgehead atoms. The molecule has 0 fully saturated rings.